The van der Waals surface area contributed by atoms with Gasteiger partial charge in [0.2, 0.25) is 5.91 Å². The number of aryl methyl sites for hydroxylation is 1. The summed E-state index contributed by atoms with van der Waals surface area (Å²) >= 11 is 3.37. The Kier molecular flexibility index (Phi) is 4.74. The average molecular weight is 327 g/mol. The highest BCUT2D eigenvalue weighted by Gasteiger charge is 2.25. The van der Waals surface area contributed by atoms with Gasteiger partial charge in [0.25, 0.3) is 0 Å². The van der Waals surface area contributed by atoms with Gasteiger partial charge >= 0.3 is 0 Å². The van der Waals surface area contributed by atoms with E-state index in [-0.39, 0.29) is 11.9 Å². The van der Waals surface area contributed by atoms with Crippen LogP contribution in [0, 0.1) is 0 Å². The Hall–Kier alpha value is -1.17. The van der Waals surface area contributed by atoms with Crippen LogP contribution in [-0.2, 0) is 11.2 Å². The van der Waals surface area contributed by atoms with Crippen LogP contribution < -0.4 is 10.6 Å². The van der Waals surface area contributed by atoms with Crippen LogP contribution in [0.3, 0.4) is 0 Å². The fourth-order valence-electron chi connectivity index (χ4n) is 1.72. The average Bonchev–Trinajstić information content (AvgIpc) is 3.12. The molecule has 5 nitrogen and oxygen atoms in total. The second kappa shape index (κ2) is 6.32. The van der Waals surface area contributed by atoms with Gasteiger partial charge in [-0.05, 0) is 42.1 Å². The molecule has 0 aliphatic heterocycles. The van der Waals surface area contributed by atoms with Crippen molar-refractivity contribution in [3.63, 3.8) is 0 Å². The first kappa shape index (κ1) is 14.2. The van der Waals surface area contributed by atoms with E-state index >= 15 is 0 Å². The Morgan fingerprint density at radius 3 is 2.89 bits per heavy atom. The van der Waals surface area contributed by atoms with Crippen molar-refractivity contribution in [3.05, 3.63) is 16.5 Å². The summed E-state index contributed by atoms with van der Waals surface area (Å²) in [4.78, 5) is 20.6. The lowest BCUT2D eigenvalue weighted by molar-refractivity contribution is -0.121. The number of nitrogens with one attached hydrogen (secondary N) is 2. The zero-order valence-electron chi connectivity index (χ0n) is 11.2. The zero-order valence-corrected chi connectivity index (χ0v) is 12.8. The number of amides is 1. The van der Waals surface area contributed by atoms with Gasteiger partial charge in [-0.15, -0.1) is 0 Å². The quantitative estimate of drug-likeness (QED) is 0.787. The van der Waals surface area contributed by atoms with Crippen LogP contribution in [0.25, 0.3) is 0 Å². The molecule has 0 radical (unpaired) electrons. The highest BCUT2D eigenvalue weighted by atomic mass is 79.9. The monoisotopic (exact) mass is 326 g/mol. The maximum absolute atomic E-state index is 11.9. The van der Waals surface area contributed by atoms with E-state index in [1.165, 1.54) is 0 Å². The van der Waals surface area contributed by atoms with Crippen LogP contribution in [0.2, 0.25) is 0 Å². The number of aromatic nitrogens is 2. The largest absolute Gasteiger partial charge is 0.358 e. The van der Waals surface area contributed by atoms with Gasteiger partial charge in [0.05, 0.1) is 0 Å². The molecule has 1 unspecified atom stereocenters. The number of rotatable bonds is 6. The SMILES string of the molecule is CCCc1nc(Br)cc(NC(C)C(=O)NC2CC2)n1. The number of nitrogens with zero attached hydrogens (tertiary/aromatic N) is 2. The van der Waals surface area contributed by atoms with Crippen molar-refractivity contribution in [2.75, 3.05) is 5.32 Å². The van der Waals surface area contributed by atoms with Crippen molar-refractivity contribution < 1.29 is 4.79 Å². The predicted molar refractivity (Wildman–Crippen MR) is 78.0 cm³/mol. The van der Waals surface area contributed by atoms with E-state index in [2.05, 4.69) is 43.5 Å². The third-order valence-electron chi connectivity index (χ3n) is 2.90. The van der Waals surface area contributed by atoms with Crippen molar-refractivity contribution in [2.45, 2.75) is 51.6 Å². The summed E-state index contributed by atoms with van der Waals surface area (Å²) in [6.07, 6.45) is 4.01. The Labute approximate surface area is 121 Å². The molecule has 0 aromatic carbocycles. The molecule has 1 aromatic rings. The lowest BCUT2D eigenvalue weighted by Crippen LogP contribution is -2.38. The Morgan fingerprint density at radius 1 is 1.53 bits per heavy atom. The van der Waals surface area contributed by atoms with E-state index in [1.807, 2.05) is 6.92 Å². The first-order valence-corrected chi connectivity index (χ1v) is 7.48. The molecule has 0 saturated heterocycles. The van der Waals surface area contributed by atoms with Crippen molar-refractivity contribution in [1.82, 2.24) is 15.3 Å². The summed E-state index contributed by atoms with van der Waals surface area (Å²) in [5.74, 6) is 1.49. The number of hydrogen-bond acceptors (Lipinski definition) is 4. The molecule has 1 saturated carbocycles. The maximum atomic E-state index is 11.9. The summed E-state index contributed by atoms with van der Waals surface area (Å²) in [6.45, 7) is 3.93. The van der Waals surface area contributed by atoms with Crippen LogP contribution in [0.15, 0.2) is 10.7 Å². The molecule has 1 aliphatic carbocycles. The summed E-state index contributed by atoms with van der Waals surface area (Å²) in [5, 5.41) is 6.09. The fraction of sp³-hybridized carbons (Fsp3) is 0.615. The molecule has 2 rings (SSSR count). The lowest BCUT2D eigenvalue weighted by Gasteiger charge is -2.15. The van der Waals surface area contributed by atoms with E-state index in [0.29, 0.717) is 11.9 Å². The standard InChI is InChI=1S/C13H19BrN4O/c1-3-4-11-17-10(14)7-12(18-11)15-8(2)13(19)16-9-5-6-9/h7-9H,3-6H2,1-2H3,(H,16,19)(H,15,17,18). The van der Waals surface area contributed by atoms with Crippen LogP contribution in [0.4, 0.5) is 5.82 Å². The smallest absolute Gasteiger partial charge is 0.242 e. The Morgan fingerprint density at radius 2 is 2.26 bits per heavy atom. The number of anilines is 1. The van der Waals surface area contributed by atoms with Crippen molar-refractivity contribution in [2.24, 2.45) is 0 Å². The third-order valence-corrected chi connectivity index (χ3v) is 3.30. The number of carbonyl (C=O) groups excluding carboxylic acids is 1. The zero-order chi connectivity index (χ0) is 13.8. The second-order valence-electron chi connectivity index (χ2n) is 4.89. The van der Waals surface area contributed by atoms with Crippen LogP contribution >= 0.6 is 15.9 Å². The molecule has 1 aliphatic rings. The molecule has 6 heteroatoms. The summed E-state index contributed by atoms with van der Waals surface area (Å²) in [5.41, 5.74) is 0. The van der Waals surface area contributed by atoms with Gasteiger partial charge < -0.3 is 10.6 Å². The van der Waals surface area contributed by atoms with Gasteiger partial charge in [0.1, 0.15) is 22.3 Å². The van der Waals surface area contributed by atoms with Crippen LogP contribution in [-0.4, -0.2) is 28.0 Å². The normalized spacial score (nSPS) is 15.9. The van der Waals surface area contributed by atoms with E-state index in [0.717, 1.165) is 36.1 Å². The molecule has 0 bridgehead atoms. The first-order chi connectivity index (χ1) is 9.08. The van der Waals surface area contributed by atoms with Gasteiger partial charge in [-0.3, -0.25) is 4.79 Å². The van der Waals surface area contributed by atoms with E-state index in [1.54, 1.807) is 6.07 Å². The topological polar surface area (TPSA) is 66.9 Å². The van der Waals surface area contributed by atoms with E-state index < -0.39 is 0 Å². The lowest BCUT2D eigenvalue weighted by atomic mass is 10.3. The maximum Gasteiger partial charge on any atom is 0.242 e. The Balaban J connectivity index is 1.98. The first-order valence-electron chi connectivity index (χ1n) is 6.69. The molecular formula is C13H19BrN4O. The summed E-state index contributed by atoms with van der Waals surface area (Å²) in [7, 11) is 0. The van der Waals surface area contributed by atoms with E-state index in [9.17, 15) is 4.79 Å². The summed E-state index contributed by atoms with van der Waals surface area (Å²) < 4.78 is 0.739. The molecule has 2 N–H and O–H groups in total. The van der Waals surface area contributed by atoms with Crippen molar-refractivity contribution in [1.29, 1.82) is 0 Å². The molecule has 1 heterocycles. The molecule has 1 amide bonds. The van der Waals surface area contributed by atoms with Gasteiger partial charge in [0.15, 0.2) is 0 Å². The molecular weight excluding hydrogens is 308 g/mol. The Bertz CT molecular complexity index is 462. The van der Waals surface area contributed by atoms with Gasteiger partial charge in [-0.2, -0.15) is 0 Å². The van der Waals surface area contributed by atoms with Crippen LogP contribution in [0.1, 0.15) is 38.9 Å². The summed E-state index contributed by atoms with van der Waals surface area (Å²) in [6, 6.07) is 1.88. The molecule has 19 heavy (non-hydrogen) atoms. The predicted octanol–water partition coefficient (Wildman–Crippen LogP) is 2.27. The van der Waals surface area contributed by atoms with Gasteiger partial charge in [0, 0.05) is 18.5 Å². The highest BCUT2D eigenvalue weighted by Crippen LogP contribution is 2.19. The van der Waals surface area contributed by atoms with Gasteiger partial charge in [-0.25, -0.2) is 9.97 Å². The van der Waals surface area contributed by atoms with Gasteiger partial charge in [-0.1, -0.05) is 6.92 Å². The highest BCUT2D eigenvalue weighted by molar-refractivity contribution is 9.10. The molecule has 104 valence electrons. The molecule has 0 spiro atoms. The van der Waals surface area contributed by atoms with E-state index in [4.69, 9.17) is 0 Å². The molecule has 1 atom stereocenters. The molecule has 1 aromatic heterocycles. The second-order valence-corrected chi connectivity index (χ2v) is 5.70. The molecule has 1 fully saturated rings. The fourth-order valence-corrected chi connectivity index (χ4v) is 2.14. The van der Waals surface area contributed by atoms with Crippen molar-refractivity contribution >= 4 is 27.7 Å². The minimum absolute atomic E-state index is 0.0225. The van der Waals surface area contributed by atoms with Crippen LogP contribution in [0.5, 0.6) is 0 Å². The number of carbonyl (C=O) groups is 1. The third kappa shape index (κ3) is 4.45. The minimum Gasteiger partial charge on any atom is -0.358 e. The van der Waals surface area contributed by atoms with Crippen molar-refractivity contribution in [3.8, 4) is 0 Å². The number of hydrogen-bond donors (Lipinski definition) is 2. The minimum atomic E-state index is -0.295. The number of halogens is 1.